The minimum absolute atomic E-state index is 0.138. The molecule has 1 aliphatic heterocycles. The second-order valence-corrected chi connectivity index (χ2v) is 6.74. The molecule has 4 rings (SSSR count). The van der Waals surface area contributed by atoms with Crippen LogP contribution in [0.15, 0.2) is 35.3 Å². The van der Waals surface area contributed by atoms with Crippen molar-refractivity contribution >= 4 is 22.7 Å². The van der Waals surface area contributed by atoms with Crippen LogP contribution in [-0.4, -0.2) is 40.4 Å². The molecule has 0 amide bonds. The fourth-order valence-corrected chi connectivity index (χ4v) is 3.53. The number of nitrogens with one attached hydrogen (secondary N) is 1. The molecule has 7 heteroatoms. The van der Waals surface area contributed by atoms with Crippen molar-refractivity contribution in [2.75, 3.05) is 30.4 Å². The third-order valence-corrected chi connectivity index (χ3v) is 4.89. The predicted octanol–water partition coefficient (Wildman–Crippen LogP) is 2.06. The van der Waals surface area contributed by atoms with Crippen LogP contribution in [0.2, 0.25) is 0 Å². The number of nitrogens with zero attached hydrogens (tertiary/aromatic N) is 5. The number of aryl methyl sites for hydroxylation is 1. The predicted molar refractivity (Wildman–Crippen MR) is 99.2 cm³/mol. The minimum atomic E-state index is -0.138. The van der Waals surface area contributed by atoms with Crippen LogP contribution in [0.5, 0.6) is 0 Å². The second-order valence-electron chi connectivity index (χ2n) is 6.74. The first-order valence-electron chi connectivity index (χ1n) is 8.50. The van der Waals surface area contributed by atoms with Crippen LogP contribution in [0, 0.1) is 0 Å². The quantitative estimate of drug-likeness (QED) is 0.792. The highest BCUT2D eigenvalue weighted by atomic mass is 16.1. The van der Waals surface area contributed by atoms with Gasteiger partial charge in [-0.3, -0.25) is 14.5 Å². The van der Waals surface area contributed by atoms with E-state index < -0.39 is 0 Å². The number of aromatic amines is 1. The van der Waals surface area contributed by atoms with E-state index in [9.17, 15) is 4.79 Å². The van der Waals surface area contributed by atoms with E-state index in [-0.39, 0.29) is 11.6 Å². The van der Waals surface area contributed by atoms with Crippen molar-refractivity contribution in [1.29, 1.82) is 0 Å². The summed E-state index contributed by atoms with van der Waals surface area (Å²) in [6.45, 7) is 0.878. The van der Waals surface area contributed by atoms with Crippen LogP contribution >= 0.6 is 0 Å². The van der Waals surface area contributed by atoms with Crippen molar-refractivity contribution in [2.45, 2.75) is 18.9 Å². The van der Waals surface area contributed by atoms with Gasteiger partial charge in [0.25, 0.3) is 5.56 Å². The number of hydrogen-bond donors (Lipinski definition) is 1. The lowest BCUT2D eigenvalue weighted by Crippen LogP contribution is -2.27. The molecule has 25 heavy (non-hydrogen) atoms. The fourth-order valence-electron chi connectivity index (χ4n) is 3.53. The Morgan fingerprint density at radius 2 is 2.16 bits per heavy atom. The molecule has 0 saturated carbocycles. The minimum Gasteiger partial charge on any atom is -0.378 e. The molecule has 7 nitrogen and oxygen atoms in total. The second kappa shape index (κ2) is 5.91. The number of fused-ring (bicyclic) bond motifs is 1. The number of benzene rings is 1. The van der Waals surface area contributed by atoms with Crippen molar-refractivity contribution in [3.8, 4) is 0 Å². The third-order valence-electron chi connectivity index (χ3n) is 4.89. The molecule has 1 saturated heterocycles. The van der Waals surface area contributed by atoms with Crippen LogP contribution in [-0.2, 0) is 7.05 Å². The van der Waals surface area contributed by atoms with Gasteiger partial charge in [-0.25, -0.2) is 0 Å². The zero-order valence-corrected chi connectivity index (χ0v) is 14.7. The largest absolute Gasteiger partial charge is 0.378 e. The molecule has 3 heterocycles. The van der Waals surface area contributed by atoms with Gasteiger partial charge in [0.05, 0.1) is 12.2 Å². The Kier molecular flexibility index (Phi) is 3.71. The van der Waals surface area contributed by atoms with Crippen molar-refractivity contribution in [1.82, 2.24) is 19.7 Å². The molecule has 1 atom stereocenters. The van der Waals surface area contributed by atoms with Crippen molar-refractivity contribution in [3.63, 3.8) is 0 Å². The van der Waals surface area contributed by atoms with Crippen molar-refractivity contribution < 1.29 is 0 Å². The Morgan fingerprint density at radius 1 is 1.32 bits per heavy atom. The molecule has 0 unspecified atom stereocenters. The van der Waals surface area contributed by atoms with Gasteiger partial charge in [-0.2, -0.15) is 10.1 Å². The molecule has 0 aliphatic carbocycles. The van der Waals surface area contributed by atoms with Crippen LogP contribution < -0.4 is 15.4 Å². The molecule has 2 aromatic heterocycles. The Bertz CT molecular complexity index is 973. The van der Waals surface area contributed by atoms with E-state index in [4.69, 9.17) is 0 Å². The maximum absolute atomic E-state index is 12.4. The molecule has 0 radical (unpaired) electrons. The average Bonchev–Trinajstić information content (AvgIpc) is 3.22. The van der Waals surface area contributed by atoms with Gasteiger partial charge in [0.2, 0.25) is 5.95 Å². The molecule has 1 aliphatic rings. The number of H-pyrrole nitrogens is 1. The lowest BCUT2D eigenvalue weighted by Gasteiger charge is -2.26. The number of anilines is 2. The smallest absolute Gasteiger partial charge is 0.263 e. The third kappa shape index (κ3) is 2.65. The Balaban J connectivity index is 1.76. The van der Waals surface area contributed by atoms with Gasteiger partial charge < -0.3 is 9.80 Å². The van der Waals surface area contributed by atoms with Crippen LogP contribution in [0.25, 0.3) is 11.0 Å². The van der Waals surface area contributed by atoms with Crippen LogP contribution in [0.1, 0.15) is 24.4 Å². The summed E-state index contributed by atoms with van der Waals surface area (Å²) in [4.78, 5) is 24.3. The monoisotopic (exact) mass is 338 g/mol. The summed E-state index contributed by atoms with van der Waals surface area (Å²) in [5.74, 6) is 0.624. The first-order valence-corrected chi connectivity index (χ1v) is 8.50. The van der Waals surface area contributed by atoms with E-state index in [1.807, 2.05) is 14.1 Å². The van der Waals surface area contributed by atoms with E-state index in [2.05, 4.69) is 49.1 Å². The summed E-state index contributed by atoms with van der Waals surface area (Å²) in [6.07, 6.45) is 3.68. The van der Waals surface area contributed by atoms with Gasteiger partial charge in [-0.15, -0.1) is 0 Å². The highest BCUT2D eigenvalue weighted by molar-refractivity contribution is 5.74. The van der Waals surface area contributed by atoms with E-state index in [0.717, 1.165) is 19.4 Å². The summed E-state index contributed by atoms with van der Waals surface area (Å²) in [5.41, 5.74) is 2.90. The average molecular weight is 338 g/mol. The Hall–Kier alpha value is -2.83. The summed E-state index contributed by atoms with van der Waals surface area (Å²) in [6, 6.07) is 8.76. The number of rotatable bonds is 3. The topological polar surface area (TPSA) is 70.1 Å². The van der Waals surface area contributed by atoms with Gasteiger partial charge in [-0.1, -0.05) is 12.1 Å². The van der Waals surface area contributed by atoms with E-state index in [1.54, 1.807) is 17.9 Å². The lowest BCUT2D eigenvalue weighted by atomic mass is 10.0. The van der Waals surface area contributed by atoms with Crippen LogP contribution in [0.3, 0.4) is 0 Å². The normalized spacial score (nSPS) is 17.4. The molecule has 0 bridgehead atoms. The standard InChI is InChI=1S/C18H22N6O/c1-22(2)13-7-4-6-12(10-13)15-8-5-9-24(15)18-20-16-14(17(25)21-18)11-19-23(16)3/h4,6-7,10-11,15H,5,8-9H2,1-3H3,(H,20,21,25)/t15-/m1/s1. The van der Waals surface area contributed by atoms with Gasteiger partial charge in [-0.05, 0) is 30.5 Å². The molecular weight excluding hydrogens is 316 g/mol. The zero-order valence-electron chi connectivity index (χ0n) is 14.7. The summed E-state index contributed by atoms with van der Waals surface area (Å²) in [5, 5.41) is 4.67. The summed E-state index contributed by atoms with van der Waals surface area (Å²) >= 11 is 0. The first-order chi connectivity index (χ1) is 12.0. The maximum Gasteiger partial charge on any atom is 0.263 e. The fraction of sp³-hybridized carbons (Fsp3) is 0.389. The van der Waals surface area contributed by atoms with Gasteiger partial charge >= 0.3 is 0 Å². The van der Waals surface area contributed by atoms with Gasteiger partial charge in [0.15, 0.2) is 5.65 Å². The first kappa shape index (κ1) is 15.7. The van der Waals surface area contributed by atoms with E-state index in [1.165, 1.54) is 11.3 Å². The van der Waals surface area contributed by atoms with Gasteiger partial charge in [0, 0.05) is 33.4 Å². The highest BCUT2D eigenvalue weighted by Gasteiger charge is 2.28. The molecule has 1 N–H and O–H groups in total. The highest BCUT2D eigenvalue weighted by Crippen LogP contribution is 2.35. The Morgan fingerprint density at radius 3 is 2.96 bits per heavy atom. The number of aromatic nitrogens is 4. The SMILES string of the molecule is CN(C)c1cccc([C@H]2CCCN2c2nc3c(cnn3C)c(=O)[nH]2)c1. The molecule has 130 valence electrons. The van der Waals surface area contributed by atoms with Crippen LogP contribution in [0.4, 0.5) is 11.6 Å². The summed E-state index contributed by atoms with van der Waals surface area (Å²) < 4.78 is 1.64. The van der Waals surface area contributed by atoms with Gasteiger partial charge in [0.1, 0.15) is 5.39 Å². The van der Waals surface area contributed by atoms with Crippen molar-refractivity contribution in [3.05, 3.63) is 46.4 Å². The van der Waals surface area contributed by atoms with Crippen molar-refractivity contribution in [2.24, 2.45) is 7.05 Å². The molecule has 0 spiro atoms. The molecule has 1 aromatic carbocycles. The molecule has 3 aromatic rings. The molecule has 1 fully saturated rings. The number of hydrogen-bond acceptors (Lipinski definition) is 5. The zero-order chi connectivity index (χ0) is 17.6. The van der Waals surface area contributed by atoms with E-state index >= 15 is 0 Å². The Labute approximate surface area is 145 Å². The summed E-state index contributed by atoms with van der Waals surface area (Å²) in [7, 11) is 5.89. The maximum atomic E-state index is 12.4. The lowest BCUT2D eigenvalue weighted by molar-refractivity contribution is 0.699. The molecular formula is C18H22N6O. The van der Waals surface area contributed by atoms with E-state index in [0.29, 0.717) is 17.0 Å².